The molecule has 0 spiro atoms. The highest BCUT2D eigenvalue weighted by Crippen LogP contribution is 2.28. The zero-order valence-corrected chi connectivity index (χ0v) is 10.0. The Morgan fingerprint density at radius 1 is 1.33 bits per heavy atom. The van der Waals surface area contributed by atoms with Crippen molar-refractivity contribution in [3.05, 3.63) is 22.4 Å². The van der Waals surface area contributed by atoms with Gasteiger partial charge in [0, 0.05) is 12.7 Å². The lowest BCUT2D eigenvalue weighted by atomic mass is 10.2. The van der Waals surface area contributed by atoms with Crippen LogP contribution in [0.25, 0.3) is 11.0 Å². The van der Waals surface area contributed by atoms with Crippen LogP contribution in [0, 0.1) is 5.92 Å². The van der Waals surface area contributed by atoms with E-state index < -0.39 is 0 Å². The summed E-state index contributed by atoms with van der Waals surface area (Å²) in [5.74, 6) is 0.518. The normalized spacial score (nSPS) is 11.5. The van der Waals surface area contributed by atoms with Crippen molar-refractivity contribution in [1.82, 2.24) is 14.8 Å². The first kappa shape index (κ1) is 10.7. The van der Waals surface area contributed by atoms with Gasteiger partial charge in [-0.25, -0.2) is 9.67 Å². The molecule has 2 rings (SSSR count). The van der Waals surface area contributed by atoms with Crippen molar-refractivity contribution in [2.24, 2.45) is 5.92 Å². The van der Waals surface area contributed by atoms with Crippen molar-refractivity contribution in [3.63, 3.8) is 0 Å². The van der Waals surface area contributed by atoms with Gasteiger partial charge in [0.15, 0.2) is 5.65 Å². The Kier molecular flexibility index (Phi) is 2.85. The molecule has 0 aliphatic carbocycles. The summed E-state index contributed by atoms with van der Waals surface area (Å²) in [5, 5.41) is 6.05. The molecule has 2 aromatic heterocycles. The maximum Gasteiger partial charge on any atom is 0.159 e. The summed E-state index contributed by atoms with van der Waals surface area (Å²) >= 11 is 11.9. The van der Waals surface area contributed by atoms with Crippen LogP contribution in [-0.4, -0.2) is 14.8 Å². The third-order valence-corrected chi connectivity index (χ3v) is 2.89. The number of hydrogen-bond acceptors (Lipinski definition) is 2. The van der Waals surface area contributed by atoms with Crippen LogP contribution in [0.15, 0.2) is 12.4 Å². The van der Waals surface area contributed by atoms with Gasteiger partial charge in [-0.3, -0.25) is 0 Å². The Bertz CT molecular complexity index is 491. The molecule has 2 aromatic rings. The number of aromatic nitrogens is 3. The molecule has 0 aliphatic heterocycles. The van der Waals surface area contributed by atoms with E-state index in [9.17, 15) is 0 Å². The van der Waals surface area contributed by atoms with Gasteiger partial charge in [-0.2, -0.15) is 5.10 Å². The number of nitrogens with zero attached hydrogens (tertiary/aromatic N) is 3. The van der Waals surface area contributed by atoms with E-state index in [1.165, 1.54) is 0 Å². The molecule has 15 heavy (non-hydrogen) atoms. The second kappa shape index (κ2) is 3.99. The van der Waals surface area contributed by atoms with E-state index in [0.29, 0.717) is 16.0 Å². The van der Waals surface area contributed by atoms with Crippen LogP contribution in [0.4, 0.5) is 0 Å². The average molecular weight is 244 g/mol. The smallest absolute Gasteiger partial charge is 0.159 e. The summed E-state index contributed by atoms with van der Waals surface area (Å²) in [6, 6.07) is 0. The Morgan fingerprint density at radius 3 is 2.73 bits per heavy atom. The SMILES string of the molecule is CC(C)Cn1ncc2c(Cl)c(Cl)cnc21. The third-order valence-electron chi connectivity index (χ3n) is 2.10. The lowest BCUT2D eigenvalue weighted by Crippen LogP contribution is -2.06. The first-order chi connectivity index (χ1) is 7.09. The van der Waals surface area contributed by atoms with Gasteiger partial charge >= 0.3 is 0 Å². The molecule has 0 atom stereocenters. The molecule has 80 valence electrons. The van der Waals surface area contributed by atoms with Crippen molar-refractivity contribution >= 4 is 34.2 Å². The minimum absolute atomic E-state index is 0.466. The summed E-state index contributed by atoms with van der Waals surface area (Å²) in [4.78, 5) is 4.24. The number of fused-ring (bicyclic) bond motifs is 1. The molecule has 0 aromatic carbocycles. The monoisotopic (exact) mass is 243 g/mol. The van der Waals surface area contributed by atoms with E-state index in [0.717, 1.165) is 17.6 Å². The maximum absolute atomic E-state index is 6.05. The second-order valence-electron chi connectivity index (χ2n) is 3.88. The number of pyridine rings is 1. The molecule has 0 saturated carbocycles. The highest BCUT2D eigenvalue weighted by atomic mass is 35.5. The molecule has 0 aliphatic rings. The van der Waals surface area contributed by atoms with Crippen LogP contribution in [0.2, 0.25) is 10.0 Å². The summed E-state index contributed by atoms with van der Waals surface area (Å²) in [6.45, 7) is 5.09. The molecule has 3 nitrogen and oxygen atoms in total. The van der Waals surface area contributed by atoms with Gasteiger partial charge in [0.2, 0.25) is 0 Å². The summed E-state index contributed by atoms with van der Waals surface area (Å²) in [7, 11) is 0. The van der Waals surface area contributed by atoms with Crippen molar-refractivity contribution in [2.75, 3.05) is 0 Å². The highest BCUT2D eigenvalue weighted by Gasteiger charge is 2.10. The second-order valence-corrected chi connectivity index (χ2v) is 4.66. The molecule has 2 heterocycles. The largest absolute Gasteiger partial charge is 0.247 e. The molecular weight excluding hydrogens is 233 g/mol. The molecule has 0 amide bonds. The van der Waals surface area contributed by atoms with Crippen LogP contribution in [0.5, 0.6) is 0 Å². The van der Waals surface area contributed by atoms with E-state index in [1.807, 2.05) is 4.68 Å². The van der Waals surface area contributed by atoms with Crippen molar-refractivity contribution < 1.29 is 0 Å². The Morgan fingerprint density at radius 2 is 2.07 bits per heavy atom. The van der Waals surface area contributed by atoms with Gasteiger partial charge in [-0.05, 0) is 5.92 Å². The Balaban J connectivity index is 2.57. The molecule has 0 fully saturated rings. The highest BCUT2D eigenvalue weighted by molar-refractivity contribution is 6.44. The zero-order chi connectivity index (χ0) is 11.0. The quantitative estimate of drug-likeness (QED) is 0.810. The molecule has 0 saturated heterocycles. The van der Waals surface area contributed by atoms with Crippen molar-refractivity contribution in [3.8, 4) is 0 Å². The Hall–Kier alpha value is -0.800. The van der Waals surface area contributed by atoms with E-state index in [1.54, 1.807) is 12.4 Å². The molecular formula is C10H11Cl2N3. The summed E-state index contributed by atoms with van der Waals surface area (Å²) in [5.41, 5.74) is 0.790. The average Bonchev–Trinajstić information content (AvgIpc) is 2.55. The molecule has 0 radical (unpaired) electrons. The van der Waals surface area contributed by atoms with Gasteiger partial charge in [0.05, 0.1) is 21.6 Å². The number of hydrogen-bond donors (Lipinski definition) is 0. The minimum atomic E-state index is 0.466. The van der Waals surface area contributed by atoms with Gasteiger partial charge < -0.3 is 0 Å². The molecule has 0 N–H and O–H groups in total. The van der Waals surface area contributed by atoms with E-state index in [4.69, 9.17) is 23.2 Å². The molecule has 0 bridgehead atoms. The van der Waals surface area contributed by atoms with Crippen LogP contribution >= 0.6 is 23.2 Å². The van der Waals surface area contributed by atoms with Gasteiger partial charge in [0.1, 0.15) is 0 Å². The third kappa shape index (κ3) is 1.94. The number of halogens is 2. The van der Waals surface area contributed by atoms with Crippen molar-refractivity contribution in [2.45, 2.75) is 20.4 Å². The fraction of sp³-hybridized carbons (Fsp3) is 0.400. The van der Waals surface area contributed by atoms with Crippen LogP contribution in [0.1, 0.15) is 13.8 Å². The zero-order valence-electron chi connectivity index (χ0n) is 8.54. The minimum Gasteiger partial charge on any atom is -0.247 e. The lowest BCUT2D eigenvalue weighted by Gasteiger charge is -2.05. The number of rotatable bonds is 2. The lowest BCUT2D eigenvalue weighted by molar-refractivity contribution is 0.492. The first-order valence-electron chi connectivity index (χ1n) is 4.75. The topological polar surface area (TPSA) is 30.7 Å². The van der Waals surface area contributed by atoms with Crippen LogP contribution in [0.3, 0.4) is 0 Å². The van der Waals surface area contributed by atoms with E-state index >= 15 is 0 Å². The Labute approximate surface area is 98.0 Å². The predicted octanol–water partition coefficient (Wildman–Crippen LogP) is 3.39. The fourth-order valence-corrected chi connectivity index (χ4v) is 1.79. The van der Waals surface area contributed by atoms with Gasteiger partial charge in [-0.1, -0.05) is 37.0 Å². The van der Waals surface area contributed by atoms with E-state index in [-0.39, 0.29) is 0 Å². The molecule has 0 unspecified atom stereocenters. The van der Waals surface area contributed by atoms with Crippen molar-refractivity contribution in [1.29, 1.82) is 0 Å². The van der Waals surface area contributed by atoms with Crippen LogP contribution in [-0.2, 0) is 6.54 Å². The summed E-state index contributed by atoms with van der Waals surface area (Å²) < 4.78 is 1.85. The predicted molar refractivity (Wildman–Crippen MR) is 62.4 cm³/mol. The summed E-state index contributed by atoms with van der Waals surface area (Å²) in [6.07, 6.45) is 3.27. The van der Waals surface area contributed by atoms with E-state index in [2.05, 4.69) is 23.9 Å². The van der Waals surface area contributed by atoms with Gasteiger partial charge in [0.25, 0.3) is 0 Å². The first-order valence-corrected chi connectivity index (χ1v) is 5.50. The fourth-order valence-electron chi connectivity index (χ4n) is 1.45. The van der Waals surface area contributed by atoms with Gasteiger partial charge in [-0.15, -0.1) is 0 Å². The molecule has 5 heteroatoms. The van der Waals surface area contributed by atoms with Crippen LogP contribution < -0.4 is 0 Å². The maximum atomic E-state index is 6.05. The standard InChI is InChI=1S/C10H11Cl2N3/c1-6(2)5-15-10-7(3-14-15)9(12)8(11)4-13-10/h3-4,6H,5H2,1-2H3.